The van der Waals surface area contributed by atoms with Crippen LogP contribution in [-0.4, -0.2) is 44.8 Å². The van der Waals surface area contributed by atoms with Crippen molar-refractivity contribution in [2.75, 3.05) is 17.9 Å². The van der Waals surface area contributed by atoms with Gasteiger partial charge in [-0.2, -0.15) is 0 Å². The minimum atomic E-state index is -4.24. The van der Waals surface area contributed by atoms with Gasteiger partial charge in [-0.05, 0) is 60.9 Å². The van der Waals surface area contributed by atoms with Gasteiger partial charge >= 0.3 is 0 Å². The molecule has 2 amide bonds. The van der Waals surface area contributed by atoms with Crippen LogP contribution in [-0.2, 0) is 32.6 Å². The van der Waals surface area contributed by atoms with Crippen molar-refractivity contribution >= 4 is 50.7 Å². The Labute approximate surface area is 263 Å². The van der Waals surface area contributed by atoms with Crippen molar-refractivity contribution in [2.45, 2.75) is 37.8 Å². The lowest BCUT2D eigenvalue weighted by Gasteiger charge is -2.34. The van der Waals surface area contributed by atoms with E-state index < -0.39 is 28.5 Å². The fraction of sp³-hybridized carbons (Fsp3) is 0.212. The predicted molar refractivity (Wildman–Crippen MR) is 172 cm³/mol. The van der Waals surface area contributed by atoms with Gasteiger partial charge in [0.2, 0.25) is 11.8 Å². The number of benzene rings is 4. The van der Waals surface area contributed by atoms with Crippen molar-refractivity contribution in [1.29, 1.82) is 0 Å². The molecule has 0 unspecified atom stereocenters. The molecule has 0 bridgehead atoms. The number of likely N-dealkylation sites (N-methyl/N-ethyl adjacent to an activating group) is 1. The maximum absolute atomic E-state index is 14.4. The van der Waals surface area contributed by atoms with Crippen LogP contribution in [0.15, 0.2) is 102 Å². The Morgan fingerprint density at radius 3 is 2.12 bits per heavy atom. The molecule has 224 valence electrons. The van der Waals surface area contributed by atoms with Crippen molar-refractivity contribution in [2.24, 2.45) is 0 Å². The van der Waals surface area contributed by atoms with E-state index in [9.17, 15) is 18.0 Å². The molecule has 7 nitrogen and oxygen atoms in total. The molecule has 4 aromatic rings. The summed E-state index contributed by atoms with van der Waals surface area (Å²) in [5.41, 5.74) is 3.67. The number of nitrogens with zero attached hydrogens (tertiary/aromatic N) is 2. The minimum absolute atomic E-state index is 0.00885. The monoisotopic (exact) mass is 637 g/mol. The molecule has 43 heavy (non-hydrogen) atoms. The second-order valence-electron chi connectivity index (χ2n) is 10.2. The fourth-order valence-electron chi connectivity index (χ4n) is 4.70. The molecule has 1 N–H and O–H groups in total. The highest BCUT2D eigenvalue weighted by Gasteiger charge is 2.34. The molecular formula is C33H33Cl2N3O4S. The number of carbonyl (C=O) groups is 2. The first-order chi connectivity index (χ1) is 20.5. The summed E-state index contributed by atoms with van der Waals surface area (Å²) in [4.78, 5) is 29.2. The topological polar surface area (TPSA) is 86.8 Å². The maximum Gasteiger partial charge on any atom is 0.264 e. The first-order valence-electron chi connectivity index (χ1n) is 13.6. The average molecular weight is 639 g/mol. The molecule has 0 radical (unpaired) electrons. The molecule has 0 aliphatic rings. The maximum atomic E-state index is 14.4. The van der Waals surface area contributed by atoms with Crippen LogP contribution >= 0.6 is 23.2 Å². The third-order valence-electron chi connectivity index (χ3n) is 7.20. The van der Waals surface area contributed by atoms with Crippen LogP contribution in [0, 0.1) is 13.8 Å². The van der Waals surface area contributed by atoms with Crippen molar-refractivity contribution in [1.82, 2.24) is 10.2 Å². The average Bonchev–Trinajstić information content (AvgIpc) is 3.00. The first-order valence-corrected chi connectivity index (χ1v) is 15.8. The number of aryl methyl sites for hydroxylation is 2. The first kappa shape index (κ1) is 32.1. The standard InChI is InChI=1S/C33H33Cl2N3O4S/c1-23-13-16-28(17-14-23)43(41,42)38(27-15-18-29(34)30(35)20-27)22-32(39)37(21-26-12-8-7-9-24(26)2)31(33(40)36-3)19-25-10-5-4-6-11-25/h4-18,20,31H,19,21-22H2,1-3H3,(H,36,40)/t31-/m1/s1. The van der Waals surface area contributed by atoms with E-state index in [0.717, 1.165) is 26.6 Å². The highest BCUT2D eigenvalue weighted by atomic mass is 35.5. The summed E-state index contributed by atoms with van der Waals surface area (Å²) < 4.78 is 29.1. The number of carbonyl (C=O) groups excluding carboxylic acids is 2. The van der Waals surface area contributed by atoms with Gasteiger partial charge in [0.15, 0.2) is 0 Å². The van der Waals surface area contributed by atoms with Crippen LogP contribution in [0.2, 0.25) is 10.0 Å². The molecule has 0 saturated carbocycles. The highest BCUT2D eigenvalue weighted by molar-refractivity contribution is 7.92. The summed E-state index contributed by atoms with van der Waals surface area (Å²) in [7, 11) is -2.72. The van der Waals surface area contributed by atoms with E-state index in [1.807, 2.05) is 68.4 Å². The van der Waals surface area contributed by atoms with E-state index in [1.54, 1.807) is 12.1 Å². The smallest absolute Gasteiger partial charge is 0.264 e. The van der Waals surface area contributed by atoms with E-state index in [-0.39, 0.29) is 39.5 Å². The number of hydrogen-bond acceptors (Lipinski definition) is 4. The Kier molecular flexibility index (Phi) is 10.5. The molecule has 10 heteroatoms. The van der Waals surface area contributed by atoms with Gasteiger partial charge in [-0.25, -0.2) is 8.42 Å². The van der Waals surface area contributed by atoms with Gasteiger partial charge in [-0.1, -0.05) is 95.5 Å². The van der Waals surface area contributed by atoms with Crippen molar-refractivity contribution < 1.29 is 18.0 Å². The van der Waals surface area contributed by atoms with Crippen molar-refractivity contribution in [3.05, 3.63) is 129 Å². The molecule has 0 spiro atoms. The van der Waals surface area contributed by atoms with E-state index >= 15 is 0 Å². The Bertz CT molecular complexity index is 1700. The second kappa shape index (κ2) is 14.1. The molecule has 0 fully saturated rings. The number of rotatable bonds is 11. The van der Waals surface area contributed by atoms with Crippen LogP contribution in [0.5, 0.6) is 0 Å². The number of nitrogens with one attached hydrogen (secondary N) is 1. The normalized spacial score (nSPS) is 11.9. The third kappa shape index (κ3) is 7.76. The van der Waals surface area contributed by atoms with Crippen molar-refractivity contribution in [3.8, 4) is 0 Å². The Morgan fingerprint density at radius 1 is 0.837 bits per heavy atom. The summed E-state index contributed by atoms with van der Waals surface area (Å²) in [6.45, 7) is 3.29. The zero-order valence-electron chi connectivity index (χ0n) is 24.1. The quantitative estimate of drug-likeness (QED) is 0.212. The predicted octanol–water partition coefficient (Wildman–Crippen LogP) is 6.19. The lowest BCUT2D eigenvalue weighted by molar-refractivity contribution is -0.139. The highest BCUT2D eigenvalue weighted by Crippen LogP contribution is 2.31. The second-order valence-corrected chi connectivity index (χ2v) is 12.9. The van der Waals surface area contributed by atoms with Crippen LogP contribution in [0.1, 0.15) is 22.3 Å². The molecule has 0 aliphatic heterocycles. The molecule has 4 rings (SSSR count). The van der Waals surface area contributed by atoms with Gasteiger partial charge in [0.25, 0.3) is 10.0 Å². The zero-order chi connectivity index (χ0) is 31.1. The van der Waals surface area contributed by atoms with Gasteiger partial charge in [-0.15, -0.1) is 0 Å². The number of anilines is 1. The number of sulfonamides is 1. The van der Waals surface area contributed by atoms with Crippen LogP contribution in [0.3, 0.4) is 0 Å². The van der Waals surface area contributed by atoms with Crippen LogP contribution < -0.4 is 9.62 Å². The summed E-state index contributed by atoms with van der Waals surface area (Å²) in [5.74, 6) is -0.928. The van der Waals surface area contributed by atoms with E-state index in [4.69, 9.17) is 23.2 Å². The Hall–Kier alpha value is -3.85. The third-order valence-corrected chi connectivity index (χ3v) is 9.73. The molecule has 1 atom stereocenters. The molecular weight excluding hydrogens is 605 g/mol. The SMILES string of the molecule is CNC(=O)[C@@H](Cc1ccccc1)N(Cc1ccccc1C)C(=O)CN(c1ccc(Cl)c(Cl)c1)S(=O)(=O)c1ccc(C)cc1. The Balaban J connectivity index is 1.81. The number of amides is 2. The van der Waals surface area contributed by atoms with E-state index in [0.29, 0.717) is 0 Å². The van der Waals surface area contributed by atoms with Gasteiger partial charge in [-0.3, -0.25) is 13.9 Å². The van der Waals surface area contributed by atoms with Crippen molar-refractivity contribution in [3.63, 3.8) is 0 Å². The summed E-state index contributed by atoms with van der Waals surface area (Å²) in [5, 5.41) is 3.07. The zero-order valence-corrected chi connectivity index (χ0v) is 26.5. The van der Waals surface area contributed by atoms with Crippen LogP contribution in [0.25, 0.3) is 0 Å². The van der Waals surface area contributed by atoms with Gasteiger partial charge in [0.05, 0.1) is 20.6 Å². The molecule has 0 aromatic heterocycles. The van der Waals surface area contributed by atoms with Gasteiger partial charge in [0, 0.05) is 20.0 Å². The molecule has 0 aliphatic carbocycles. The lowest BCUT2D eigenvalue weighted by Crippen LogP contribution is -2.53. The lowest BCUT2D eigenvalue weighted by atomic mass is 10.0. The molecule has 0 saturated heterocycles. The number of hydrogen-bond donors (Lipinski definition) is 1. The van der Waals surface area contributed by atoms with Gasteiger partial charge < -0.3 is 10.2 Å². The fourth-order valence-corrected chi connectivity index (χ4v) is 6.40. The largest absolute Gasteiger partial charge is 0.357 e. The van der Waals surface area contributed by atoms with E-state index in [1.165, 1.54) is 42.3 Å². The molecule has 4 aromatic carbocycles. The minimum Gasteiger partial charge on any atom is -0.357 e. The summed E-state index contributed by atoms with van der Waals surface area (Å²) >= 11 is 12.4. The molecule has 0 heterocycles. The van der Waals surface area contributed by atoms with E-state index in [2.05, 4.69) is 5.32 Å². The summed E-state index contributed by atoms with van der Waals surface area (Å²) in [6, 6.07) is 26.8. The van der Waals surface area contributed by atoms with Gasteiger partial charge in [0.1, 0.15) is 12.6 Å². The Morgan fingerprint density at radius 2 is 1.49 bits per heavy atom. The number of halogens is 2. The summed E-state index contributed by atoms with van der Waals surface area (Å²) in [6.07, 6.45) is 0.232. The van der Waals surface area contributed by atoms with Crippen LogP contribution in [0.4, 0.5) is 5.69 Å².